The van der Waals surface area contributed by atoms with E-state index < -0.39 is 22.7 Å². The zero-order valence-electron chi connectivity index (χ0n) is 17.0. The largest absolute Gasteiger partial charge is 0.507 e. The fourth-order valence-corrected chi connectivity index (χ4v) is 3.44. The van der Waals surface area contributed by atoms with Gasteiger partial charge in [0.25, 0.3) is 17.4 Å². The lowest BCUT2D eigenvalue weighted by atomic mass is 9.94. The summed E-state index contributed by atoms with van der Waals surface area (Å²) in [6, 6.07) is 11.8. The van der Waals surface area contributed by atoms with Gasteiger partial charge in [-0.2, -0.15) is 0 Å². The summed E-state index contributed by atoms with van der Waals surface area (Å²) in [6.45, 7) is 2.62. The molecule has 2 aromatic rings. The number of nitro groups is 1. The maximum atomic E-state index is 12.9. The van der Waals surface area contributed by atoms with Gasteiger partial charge in [-0.1, -0.05) is 42.0 Å². The number of carbonyl (C=O) groups excluding carboxylic acids is 2. The number of carbonyl (C=O) groups is 2. The molecule has 3 rings (SSSR count). The van der Waals surface area contributed by atoms with Crippen molar-refractivity contribution in [2.45, 2.75) is 13.0 Å². The molecule has 0 spiro atoms. The average Bonchev–Trinajstić information content (AvgIpc) is 2.97. The Kier molecular flexibility index (Phi) is 5.98. The van der Waals surface area contributed by atoms with Crippen LogP contribution in [0.15, 0.2) is 54.1 Å². The number of likely N-dealkylation sites (tertiary alicyclic amines) is 1. The standard InChI is InChI=1S/C22H23N3O5/c1-14-7-9-15(10-8-14)20(26)18-19(16-5-4-6-17(13-16)25(29)30)24(12-11-23(2)3)22(28)21(18)27/h4-10,13,19,26H,11-12H2,1-3H3/b20-18-. The predicted octanol–water partition coefficient (Wildman–Crippen LogP) is 2.89. The van der Waals surface area contributed by atoms with E-state index >= 15 is 0 Å². The molecule has 0 bridgehead atoms. The van der Waals surface area contributed by atoms with E-state index in [0.29, 0.717) is 17.7 Å². The van der Waals surface area contributed by atoms with Crippen LogP contribution in [0.2, 0.25) is 0 Å². The summed E-state index contributed by atoms with van der Waals surface area (Å²) in [5, 5.41) is 22.2. The van der Waals surface area contributed by atoms with Gasteiger partial charge in [0, 0.05) is 30.8 Å². The molecule has 1 aliphatic heterocycles. The number of rotatable bonds is 6. The van der Waals surface area contributed by atoms with Crippen molar-refractivity contribution in [3.8, 4) is 0 Å². The number of hydrogen-bond acceptors (Lipinski definition) is 6. The van der Waals surface area contributed by atoms with E-state index in [-0.39, 0.29) is 23.6 Å². The van der Waals surface area contributed by atoms with E-state index in [1.165, 1.54) is 23.1 Å². The lowest BCUT2D eigenvalue weighted by molar-refractivity contribution is -0.384. The maximum Gasteiger partial charge on any atom is 0.295 e. The summed E-state index contributed by atoms with van der Waals surface area (Å²) in [7, 11) is 3.68. The number of nitrogens with zero attached hydrogens (tertiary/aromatic N) is 3. The number of non-ortho nitro benzene ring substituents is 1. The Hall–Kier alpha value is -3.52. The van der Waals surface area contributed by atoms with Crippen molar-refractivity contribution in [2.75, 3.05) is 27.2 Å². The Morgan fingerprint density at radius 3 is 2.43 bits per heavy atom. The van der Waals surface area contributed by atoms with Crippen molar-refractivity contribution in [1.29, 1.82) is 0 Å². The highest BCUT2D eigenvalue weighted by Gasteiger charge is 2.46. The molecule has 1 amide bonds. The molecule has 0 saturated carbocycles. The van der Waals surface area contributed by atoms with Gasteiger partial charge < -0.3 is 14.9 Å². The Labute approximate surface area is 174 Å². The minimum absolute atomic E-state index is 0.0666. The quantitative estimate of drug-likeness (QED) is 0.259. The maximum absolute atomic E-state index is 12.9. The van der Waals surface area contributed by atoms with E-state index in [1.807, 2.05) is 25.9 Å². The van der Waals surface area contributed by atoms with Crippen molar-refractivity contribution in [2.24, 2.45) is 0 Å². The van der Waals surface area contributed by atoms with Gasteiger partial charge in [0.15, 0.2) is 0 Å². The SMILES string of the molecule is Cc1ccc(/C(O)=C2/C(=O)C(=O)N(CCN(C)C)C2c2cccc([N+](=O)[O-])c2)cc1. The number of amides is 1. The van der Waals surface area contributed by atoms with Crippen LogP contribution in [0.3, 0.4) is 0 Å². The number of hydrogen-bond donors (Lipinski definition) is 1. The van der Waals surface area contributed by atoms with Crippen LogP contribution >= 0.6 is 0 Å². The van der Waals surface area contributed by atoms with Gasteiger partial charge >= 0.3 is 0 Å². The van der Waals surface area contributed by atoms with E-state index in [4.69, 9.17) is 0 Å². The van der Waals surface area contributed by atoms with Crippen molar-refractivity contribution in [3.63, 3.8) is 0 Å². The Morgan fingerprint density at radius 1 is 1.17 bits per heavy atom. The van der Waals surface area contributed by atoms with E-state index in [0.717, 1.165) is 5.56 Å². The van der Waals surface area contributed by atoms with Gasteiger partial charge in [-0.25, -0.2) is 0 Å². The Balaban J connectivity index is 2.17. The molecule has 156 valence electrons. The van der Waals surface area contributed by atoms with Gasteiger partial charge in [0.2, 0.25) is 0 Å². The second-order valence-corrected chi connectivity index (χ2v) is 7.51. The molecule has 1 heterocycles. The first-order chi connectivity index (χ1) is 14.2. The van der Waals surface area contributed by atoms with Gasteiger partial charge in [-0.3, -0.25) is 19.7 Å². The molecule has 1 unspecified atom stereocenters. The molecule has 1 saturated heterocycles. The van der Waals surface area contributed by atoms with E-state index in [1.54, 1.807) is 30.3 Å². The molecule has 8 heteroatoms. The smallest absolute Gasteiger partial charge is 0.295 e. The molecular weight excluding hydrogens is 386 g/mol. The van der Waals surface area contributed by atoms with Crippen LogP contribution in [-0.2, 0) is 9.59 Å². The van der Waals surface area contributed by atoms with Gasteiger partial charge in [-0.15, -0.1) is 0 Å². The predicted molar refractivity (Wildman–Crippen MR) is 112 cm³/mol. The summed E-state index contributed by atoms with van der Waals surface area (Å²) in [6.07, 6.45) is 0. The molecule has 1 aliphatic rings. The van der Waals surface area contributed by atoms with Crippen molar-refractivity contribution in [1.82, 2.24) is 9.80 Å². The van der Waals surface area contributed by atoms with Gasteiger partial charge in [0.05, 0.1) is 16.5 Å². The van der Waals surface area contributed by atoms with Gasteiger partial charge in [0.1, 0.15) is 5.76 Å². The Bertz CT molecular complexity index is 1030. The molecule has 1 fully saturated rings. The summed E-state index contributed by atoms with van der Waals surface area (Å²) < 4.78 is 0. The lowest BCUT2D eigenvalue weighted by Gasteiger charge is -2.26. The molecule has 0 aromatic heterocycles. The third kappa shape index (κ3) is 4.08. The minimum atomic E-state index is -0.911. The Morgan fingerprint density at radius 2 is 1.83 bits per heavy atom. The first-order valence-electron chi connectivity index (χ1n) is 9.45. The highest BCUT2D eigenvalue weighted by molar-refractivity contribution is 6.46. The second-order valence-electron chi connectivity index (χ2n) is 7.51. The van der Waals surface area contributed by atoms with Crippen LogP contribution in [0.1, 0.15) is 22.7 Å². The summed E-state index contributed by atoms with van der Waals surface area (Å²) in [5.41, 5.74) is 1.56. The monoisotopic (exact) mass is 409 g/mol. The van der Waals surface area contributed by atoms with Gasteiger partial charge in [-0.05, 0) is 26.6 Å². The second kappa shape index (κ2) is 8.46. The van der Waals surface area contributed by atoms with Crippen molar-refractivity contribution in [3.05, 3.63) is 80.9 Å². The molecule has 1 atom stereocenters. The third-order valence-corrected chi connectivity index (χ3v) is 5.05. The van der Waals surface area contributed by atoms with E-state index in [2.05, 4.69) is 0 Å². The van der Waals surface area contributed by atoms with Crippen LogP contribution in [0.4, 0.5) is 5.69 Å². The fraction of sp³-hybridized carbons (Fsp3) is 0.273. The van der Waals surface area contributed by atoms with Crippen molar-refractivity contribution >= 4 is 23.1 Å². The van der Waals surface area contributed by atoms with Crippen LogP contribution in [0, 0.1) is 17.0 Å². The van der Waals surface area contributed by atoms with E-state index in [9.17, 15) is 24.8 Å². The third-order valence-electron chi connectivity index (χ3n) is 5.05. The lowest BCUT2D eigenvalue weighted by Crippen LogP contribution is -2.35. The summed E-state index contributed by atoms with van der Waals surface area (Å²) in [4.78, 5) is 39.6. The molecule has 1 N–H and O–H groups in total. The highest BCUT2D eigenvalue weighted by atomic mass is 16.6. The number of likely N-dealkylation sites (N-methyl/N-ethyl adjacent to an activating group) is 1. The number of Topliss-reactive ketones (excluding diaryl/α,β-unsaturated/α-hetero) is 1. The summed E-state index contributed by atoms with van der Waals surface area (Å²) in [5.74, 6) is -1.83. The molecular formula is C22H23N3O5. The normalized spacial score (nSPS) is 18.3. The van der Waals surface area contributed by atoms with Crippen LogP contribution in [-0.4, -0.2) is 58.7 Å². The molecule has 0 radical (unpaired) electrons. The van der Waals surface area contributed by atoms with Crippen LogP contribution in [0.25, 0.3) is 5.76 Å². The van der Waals surface area contributed by atoms with Crippen LogP contribution < -0.4 is 0 Å². The first-order valence-corrected chi connectivity index (χ1v) is 9.45. The average molecular weight is 409 g/mol. The number of nitro benzene ring substituents is 1. The number of benzene rings is 2. The number of ketones is 1. The number of aliphatic hydroxyl groups is 1. The molecule has 8 nitrogen and oxygen atoms in total. The fourth-order valence-electron chi connectivity index (χ4n) is 3.44. The van der Waals surface area contributed by atoms with Crippen molar-refractivity contribution < 1.29 is 19.6 Å². The molecule has 30 heavy (non-hydrogen) atoms. The zero-order chi connectivity index (χ0) is 22.0. The zero-order valence-corrected chi connectivity index (χ0v) is 17.0. The minimum Gasteiger partial charge on any atom is -0.507 e. The first kappa shape index (κ1) is 21.2. The molecule has 0 aliphatic carbocycles. The molecule has 2 aromatic carbocycles. The highest BCUT2D eigenvalue weighted by Crippen LogP contribution is 2.40. The topological polar surface area (TPSA) is 104 Å². The number of aliphatic hydroxyl groups excluding tert-OH is 1. The van der Waals surface area contributed by atoms with Crippen LogP contribution in [0.5, 0.6) is 0 Å². The summed E-state index contributed by atoms with van der Waals surface area (Å²) >= 11 is 0. The number of aryl methyl sites for hydroxylation is 1.